The van der Waals surface area contributed by atoms with Gasteiger partial charge in [0.2, 0.25) is 0 Å². The Kier molecular flexibility index (Phi) is 6.21. The van der Waals surface area contributed by atoms with Crippen LogP contribution in [0.25, 0.3) is 0 Å². The van der Waals surface area contributed by atoms with Crippen LogP contribution in [-0.4, -0.2) is 32.8 Å². The van der Waals surface area contributed by atoms with Gasteiger partial charge in [-0.05, 0) is 56.5 Å². The molecule has 0 aromatic heterocycles. The normalized spacial score (nSPS) is 23.1. The zero-order chi connectivity index (χ0) is 15.1. The number of nitrogens with one attached hydrogen (secondary N) is 1. The summed E-state index contributed by atoms with van der Waals surface area (Å²) in [7, 11) is 1.39. The highest BCUT2D eigenvalue weighted by atomic mass is 79.9. The number of hydrogen-bond donors (Lipinski definition) is 1. The van der Waals surface area contributed by atoms with Crippen LogP contribution in [0.4, 0.5) is 0 Å². The Labute approximate surface area is 134 Å². The molecule has 0 amide bonds. The summed E-state index contributed by atoms with van der Waals surface area (Å²) in [5.41, 5.74) is 0.690. The van der Waals surface area contributed by atoms with Crippen molar-refractivity contribution in [2.75, 3.05) is 26.8 Å². The van der Waals surface area contributed by atoms with Crippen molar-refractivity contribution >= 4 is 21.9 Å². The first-order valence-electron chi connectivity index (χ1n) is 7.34. The summed E-state index contributed by atoms with van der Waals surface area (Å²) in [4.78, 5) is 11.5. The second-order valence-corrected chi connectivity index (χ2v) is 6.24. The monoisotopic (exact) mass is 355 g/mol. The molecule has 1 atom stereocenters. The maximum Gasteiger partial charge on any atom is 0.331 e. The molecule has 1 N–H and O–H groups in total. The smallest absolute Gasteiger partial charge is 0.331 e. The molecular formula is C16H22BrNO3. The van der Waals surface area contributed by atoms with Crippen molar-refractivity contribution in [1.82, 2.24) is 5.32 Å². The van der Waals surface area contributed by atoms with Crippen molar-refractivity contribution in [3.63, 3.8) is 0 Å². The van der Waals surface area contributed by atoms with Crippen molar-refractivity contribution in [1.29, 1.82) is 0 Å². The Morgan fingerprint density at radius 3 is 2.95 bits per heavy atom. The van der Waals surface area contributed by atoms with Gasteiger partial charge in [0.05, 0.1) is 12.7 Å². The van der Waals surface area contributed by atoms with Crippen LogP contribution in [0.5, 0.6) is 0 Å². The SMILES string of the molecule is COC(=O)COC1(c2cccc(Br)c2)CCCCNCC1. The van der Waals surface area contributed by atoms with Crippen molar-refractivity contribution in [3.05, 3.63) is 34.3 Å². The molecule has 116 valence electrons. The third-order valence-electron chi connectivity index (χ3n) is 3.93. The van der Waals surface area contributed by atoms with E-state index in [0.29, 0.717) is 0 Å². The van der Waals surface area contributed by atoms with E-state index in [-0.39, 0.29) is 12.6 Å². The summed E-state index contributed by atoms with van der Waals surface area (Å²) in [6.07, 6.45) is 3.96. The fraction of sp³-hybridized carbons (Fsp3) is 0.562. The van der Waals surface area contributed by atoms with Gasteiger partial charge >= 0.3 is 5.97 Å². The Hall–Kier alpha value is -0.910. The van der Waals surface area contributed by atoms with Gasteiger partial charge in [0.1, 0.15) is 6.61 Å². The van der Waals surface area contributed by atoms with Gasteiger partial charge in [-0.3, -0.25) is 0 Å². The molecular weight excluding hydrogens is 334 g/mol. The summed E-state index contributed by atoms with van der Waals surface area (Å²) in [6, 6.07) is 8.16. The molecule has 4 nitrogen and oxygen atoms in total. The first kappa shape index (κ1) is 16.5. The maximum absolute atomic E-state index is 11.5. The van der Waals surface area contributed by atoms with Crippen LogP contribution in [0.15, 0.2) is 28.7 Å². The Morgan fingerprint density at radius 1 is 1.33 bits per heavy atom. The lowest BCUT2D eigenvalue weighted by Crippen LogP contribution is -2.37. The molecule has 1 aliphatic rings. The molecule has 0 spiro atoms. The number of carbonyl (C=O) groups is 1. The molecule has 0 radical (unpaired) electrons. The number of ether oxygens (including phenoxy) is 2. The van der Waals surface area contributed by atoms with Crippen LogP contribution in [0, 0.1) is 0 Å². The molecule has 1 aliphatic heterocycles. The standard InChI is InChI=1S/C16H22BrNO3/c1-20-15(19)12-21-16(7-2-3-9-18-10-8-16)13-5-4-6-14(17)11-13/h4-6,11,18H,2-3,7-10,12H2,1H3. The van der Waals surface area contributed by atoms with Gasteiger partial charge in [0.25, 0.3) is 0 Å². The van der Waals surface area contributed by atoms with Crippen molar-refractivity contribution in [2.24, 2.45) is 0 Å². The fourth-order valence-electron chi connectivity index (χ4n) is 2.75. The molecule has 1 fully saturated rings. The minimum absolute atomic E-state index is 0.0109. The van der Waals surface area contributed by atoms with Crippen LogP contribution in [0.3, 0.4) is 0 Å². The molecule has 1 aromatic carbocycles. The molecule has 0 bridgehead atoms. The second-order valence-electron chi connectivity index (χ2n) is 5.33. The second kappa shape index (κ2) is 7.92. The van der Waals surface area contributed by atoms with E-state index in [2.05, 4.69) is 33.4 Å². The number of benzene rings is 1. The average Bonchev–Trinajstić information content (AvgIpc) is 2.46. The van der Waals surface area contributed by atoms with Gasteiger partial charge in [-0.2, -0.15) is 0 Å². The van der Waals surface area contributed by atoms with E-state index in [1.165, 1.54) is 7.11 Å². The topological polar surface area (TPSA) is 47.6 Å². The highest BCUT2D eigenvalue weighted by Gasteiger charge is 2.34. The van der Waals surface area contributed by atoms with Gasteiger partial charge in [0, 0.05) is 4.47 Å². The molecule has 21 heavy (non-hydrogen) atoms. The fourth-order valence-corrected chi connectivity index (χ4v) is 3.14. The highest BCUT2D eigenvalue weighted by molar-refractivity contribution is 9.10. The number of hydrogen-bond acceptors (Lipinski definition) is 4. The summed E-state index contributed by atoms with van der Waals surface area (Å²) < 4.78 is 11.8. The lowest BCUT2D eigenvalue weighted by molar-refractivity contribution is -0.155. The molecule has 2 rings (SSSR count). The molecule has 1 aromatic rings. The van der Waals surface area contributed by atoms with E-state index >= 15 is 0 Å². The van der Waals surface area contributed by atoms with E-state index in [1.807, 2.05) is 12.1 Å². The number of methoxy groups -OCH3 is 1. The minimum Gasteiger partial charge on any atom is -0.467 e. The van der Waals surface area contributed by atoms with Gasteiger partial charge < -0.3 is 14.8 Å². The Morgan fingerprint density at radius 2 is 2.19 bits per heavy atom. The van der Waals surface area contributed by atoms with Gasteiger partial charge in [-0.1, -0.05) is 28.1 Å². The van der Waals surface area contributed by atoms with Crippen LogP contribution in [-0.2, 0) is 19.9 Å². The summed E-state index contributed by atoms with van der Waals surface area (Å²) >= 11 is 3.52. The summed E-state index contributed by atoms with van der Waals surface area (Å²) in [5.74, 6) is -0.334. The lowest BCUT2D eigenvalue weighted by atomic mass is 9.84. The molecule has 1 heterocycles. The van der Waals surface area contributed by atoms with Gasteiger partial charge in [-0.25, -0.2) is 4.79 Å². The third-order valence-corrected chi connectivity index (χ3v) is 4.43. The molecule has 1 unspecified atom stereocenters. The van der Waals surface area contributed by atoms with E-state index < -0.39 is 5.60 Å². The van der Waals surface area contributed by atoms with E-state index in [1.54, 1.807) is 0 Å². The van der Waals surface area contributed by atoms with E-state index in [0.717, 1.165) is 48.8 Å². The van der Waals surface area contributed by atoms with Crippen LogP contribution >= 0.6 is 15.9 Å². The lowest BCUT2D eigenvalue weighted by Gasteiger charge is -2.36. The van der Waals surface area contributed by atoms with E-state index in [4.69, 9.17) is 9.47 Å². The molecule has 0 saturated carbocycles. The third kappa shape index (κ3) is 4.53. The summed E-state index contributed by atoms with van der Waals surface area (Å²) in [5, 5.41) is 3.42. The molecule has 1 saturated heterocycles. The van der Waals surface area contributed by atoms with Crippen molar-refractivity contribution in [2.45, 2.75) is 31.3 Å². The maximum atomic E-state index is 11.5. The predicted molar refractivity (Wildman–Crippen MR) is 85.1 cm³/mol. The number of rotatable bonds is 4. The summed E-state index contributed by atoms with van der Waals surface area (Å²) in [6.45, 7) is 1.92. The Balaban J connectivity index is 2.24. The zero-order valence-electron chi connectivity index (χ0n) is 12.4. The van der Waals surface area contributed by atoms with Crippen LogP contribution in [0.1, 0.15) is 31.2 Å². The van der Waals surface area contributed by atoms with Gasteiger partial charge in [0.15, 0.2) is 0 Å². The van der Waals surface area contributed by atoms with Crippen LogP contribution in [0.2, 0.25) is 0 Å². The van der Waals surface area contributed by atoms with Crippen molar-refractivity contribution in [3.8, 4) is 0 Å². The molecule has 0 aliphatic carbocycles. The Bertz CT molecular complexity index is 470. The van der Waals surface area contributed by atoms with Gasteiger partial charge in [-0.15, -0.1) is 0 Å². The van der Waals surface area contributed by atoms with E-state index in [9.17, 15) is 4.79 Å². The molecule has 5 heteroatoms. The number of carbonyl (C=O) groups excluding carboxylic acids is 1. The number of halogens is 1. The quantitative estimate of drug-likeness (QED) is 0.843. The van der Waals surface area contributed by atoms with Crippen molar-refractivity contribution < 1.29 is 14.3 Å². The predicted octanol–water partition coefficient (Wildman–Crippen LogP) is 3.00. The highest BCUT2D eigenvalue weighted by Crippen LogP contribution is 2.36. The van der Waals surface area contributed by atoms with Crippen LogP contribution < -0.4 is 5.32 Å². The first-order chi connectivity index (χ1) is 10.2. The average molecular weight is 356 g/mol. The zero-order valence-corrected chi connectivity index (χ0v) is 13.9. The minimum atomic E-state index is -0.425. The largest absolute Gasteiger partial charge is 0.467 e. The number of esters is 1. The first-order valence-corrected chi connectivity index (χ1v) is 8.13.